The Balaban J connectivity index is 2.28. The number of rotatable bonds is 8. The van der Waals surface area contributed by atoms with Gasteiger partial charge < -0.3 is 10.4 Å². The van der Waals surface area contributed by atoms with Crippen LogP contribution < -0.4 is 5.32 Å². The monoisotopic (exact) mass is 295 g/mol. The molecule has 2 N–H and O–H groups in total. The van der Waals surface area contributed by atoms with E-state index in [1.807, 2.05) is 24.3 Å². The minimum absolute atomic E-state index is 0.0544. The number of hydrogen-bond donors (Lipinski definition) is 2. The fourth-order valence-corrected chi connectivity index (χ4v) is 2.52. The Morgan fingerprint density at radius 2 is 1.85 bits per heavy atom. The minimum Gasteiger partial charge on any atom is -0.392 e. The van der Waals surface area contributed by atoms with Crippen LogP contribution in [0.2, 0.25) is 0 Å². The Morgan fingerprint density at radius 1 is 1.20 bits per heavy atom. The van der Waals surface area contributed by atoms with Crippen molar-refractivity contribution in [2.24, 2.45) is 5.92 Å². The Labute approximate surface area is 126 Å². The molecule has 1 aromatic carbocycles. The molecule has 0 radical (unpaired) electrons. The van der Waals surface area contributed by atoms with Crippen LogP contribution in [0, 0.1) is 5.92 Å². The second-order valence-corrected chi connectivity index (χ2v) is 6.58. The van der Waals surface area contributed by atoms with E-state index in [9.17, 15) is 4.79 Å². The van der Waals surface area contributed by atoms with Gasteiger partial charge in [0.25, 0.3) is 0 Å². The second-order valence-electron chi connectivity index (χ2n) is 5.53. The highest BCUT2D eigenvalue weighted by Gasteiger charge is 2.08. The van der Waals surface area contributed by atoms with Gasteiger partial charge in [-0.1, -0.05) is 26.0 Å². The van der Waals surface area contributed by atoms with Crippen molar-refractivity contribution in [2.45, 2.75) is 51.2 Å². The molecule has 0 bridgehead atoms. The van der Waals surface area contributed by atoms with Crippen molar-refractivity contribution in [3.8, 4) is 0 Å². The highest BCUT2D eigenvalue weighted by Crippen LogP contribution is 2.18. The summed E-state index contributed by atoms with van der Waals surface area (Å²) in [6, 6.07) is 7.87. The van der Waals surface area contributed by atoms with Crippen LogP contribution in [0.15, 0.2) is 29.2 Å². The van der Waals surface area contributed by atoms with Crippen LogP contribution in [0.25, 0.3) is 0 Å². The highest BCUT2D eigenvalue weighted by atomic mass is 32.2. The normalized spacial score (nSPS) is 12.4. The molecule has 1 rings (SSSR count). The molecule has 0 saturated heterocycles. The lowest BCUT2D eigenvalue weighted by atomic mass is 10.0. The number of amides is 1. The van der Waals surface area contributed by atoms with E-state index in [2.05, 4.69) is 26.1 Å². The maximum Gasteiger partial charge on any atom is 0.230 e. The van der Waals surface area contributed by atoms with E-state index in [0.29, 0.717) is 11.7 Å². The summed E-state index contributed by atoms with van der Waals surface area (Å²) in [4.78, 5) is 12.9. The molecule has 0 aromatic heterocycles. The van der Waals surface area contributed by atoms with Gasteiger partial charge in [0, 0.05) is 10.9 Å². The molecule has 0 aliphatic heterocycles. The Kier molecular flexibility index (Phi) is 7.70. The minimum atomic E-state index is 0.0544. The van der Waals surface area contributed by atoms with Crippen molar-refractivity contribution in [3.05, 3.63) is 29.8 Å². The largest absolute Gasteiger partial charge is 0.392 e. The molecule has 0 spiro atoms. The molecule has 20 heavy (non-hydrogen) atoms. The van der Waals surface area contributed by atoms with Crippen molar-refractivity contribution in [1.29, 1.82) is 0 Å². The van der Waals surface area contributed by atoms with E-state index in [-0.39, 0.29) is 18.6 Å². The summed E-state index contributed by atoms with van der Waals surface area (Å²) < 4.78 is 0. The molecule has 0 fully saturated rings. The van der Waals surface area contributed by atoms with Gasteiger partial charge in [0.1, 0.15) is 0 Å². The van der Waals surface area contributed by atoms with E-state index in [1.54, 1.807) is 0 Å². The number of carbonyl (C=O) groups excluding carboxylic acids is 1. The molecule has 0 aliphatic carbocycles. The standard InChI is InChI=1S/C16H25NO2S/c1-12(2)4-5-13(3)17-16(19)11-20-15-8-6-14(10-18)7-9-15/h6-9,12-13,18H,4-5,10-11H2,1-3H3,(H,17,19). The van der Waals surface area contributed by atoms with Gasteiger partial charge in [0.15, 0.2) is 0 Å². The third-order valence-electron chi connectivity index (χ3n) is 3.06. The fourth-order valence-electron chi connectivity index (χ4n) is 1.81. The number of thioether (sulfide) groups is 1. The molecule has 1 aromatic rings. The number of nitrogens with one attached hydrogen (secondary N) is 1. The van der Waals surface area contributed by atoms with E-state index in [4.69, 9.17) is 5.11 Å². The number of hydrogen-bond acceptors (Lipinski definition) is 3. The summed E-state index contributed by atoms with van der Waals surface area (Å²) in [5.74, 6) is 1.19. The highest BCUT2D eigenvalue weighted by molar-refractivity contribution is 8.00. The summed E-state index contributed by atoms with van der Waals surface area (Å²) in [5, 5.41) is 12.0. The Morgan fingerprint density at radius 3 is 2.40 bits per heavy atom. The molecule has 0 aliphatic rings. The average Bonchev–Trinajstić information content (AvgIpc) is 2.43. The van der Waals surface area contributed by atoms with Gasteiger partial charge in [-0.2, -0.15) is 0 Å². The molecule has 3 nitrogen and oxygen atoms in total. The molecule has 0 saturated carbocycles. The van der Waals surface area contributed by atoms with Gasteiger partial charge in [-0.3, -0.25) is 4.79 Å². The van der Waals surface area contributed by atoms with Crippen LogP contribution in [0.4, 0.5) is 0 Å². The number of aliphatic hydroxyl groups excluding tert-OH is 1. The molecule has 1 unspecified atom stereocenters. The zero-order valence-electron chi connectivity index (χ0n) is 12.6. The zero-order valence-corrected chi connectivity index (χ0v) is 13.4. The van der Waals surface area contributed by atoms with Crippen LogP contribution >= 0.6 is 11.8 Å². The second kappa shape index (κ2) is 9.03. The smallest absolute Gasteiger partial charge is 0.230 e. The van der Waals surface area contributed by atoms with Crippen LogP contribution in [0.3, 0.4) is 0 Å². The number of benzene rings is 1. The molecule has 0 heterocycles. The Bertz CT molecular complexity index is 403. The zero-order chi connectivity index (χ0) is 15.0. The molecule has 1 atom stereocenters. The van der Waals surface area contributed by atoms with Crippen molar-refractivity contribution in [2.75, 3.05) is 5.75 Å². The van der Waals surface area contributed by atoms with E-state index in [0.717, 1.165) is 23.3 Å². The fraction of sp³-hybridized carbons (Fsp3) is 0.562. The van der Waals surface area contributed by atoms with Crippen LogP contribution in [-0.4, -0.2) is 22.8 Å². The van der Waals surface area contributed by atoms with Crippen molar-refractivity contribution in [1.82, 2.24) is 5.32 Å². The van der Waals surface area contributed by atoms with Gasteiger partial charge in [0.05, 0.1) is 12.4 Å². The maximum absolute atomic E-state index is 11.8. The molecule has 4 heteroatoms. The van der Waals surface area contributed by atoms with E-state index in [1.165, 1.54) is 11.8 Å². The molecule has 112 valence electrons. The third-order valence-corrected chi connectivity index (χ3v) is 4.07. The van der Waals surface area contributed by atoms with Crippen LogP contribution in [-0.2, 0) is 11.4 Å². The van der Waals surface area contributed by atoms with Gasteiger partial charge in [-0.05, 0) is 43.4 Å². The maximum atomic E-state index is 11.8. The lowest BCUT2D eigenvalue weighted by Gasteiger charge is -2.15. The van der Waals surface area contributed by atoms with E-state index >= 15 is 0 Å². The number of aliphatic hydroxyl groups is 1. The summed E-state index contributed by atoms with van der Waals surface area (Å²) in [7, 11) is 0. The first-order chi connectivity index (χ1) is 9.51. The van der Waals surface area contributed by atoms with E-state index < -0.39 is 0 Å². The van der Waals surface area contributed by atoms with Gasteiger partial charge in [-0.25, -0.2) is 0 Å². The SMILES string of the molecule is CC(C)CCC(C)NC(=O)CSc1ccc(CO)cc1. The summed E-state index contributed by atoms with van der Waals surface area (Å²) in [5.41, 5.74) is 0.890. The van der Waals surface area contributed by atoms with Crippen molar-refractivity contribution < 1.29 is 9.90 Å². The quantitative estimate of drug-likeness (QED) is 0.724. The van der Waals surface area contributed by atoms with Gasteiger partial charge in [0.2, 0.25) is 5.91 Å². The first kappa shape index (κ1) is 17.1. The van der Waals surface area contributed by atoms with Crippen LogP contribution in [0.1, 0.15) is 39.2 Å². The molecule has 1 amide bonds. The first-order valence-corrected chi connectivity index (χ1v) is 8.11. The molecular weight excluding hydrogens is 270 g/mol. The summed E-state index contributed by atoms with van der Waals surface area (Å²) in [6.45, 7) is 6.50. The average molecular weight is 295 g/mol. The first-order valence-electron chi connectivity index (χ1n) is 7.13. The van der Waals surface area contributed by atoms with Crippen molar-refractivity contribution in [3.63, 3.8) is 0 Å². The summed E-state index contributed by atoms with van der Waals surface area (Å²) in [6.07, 6.45) is 2.16. The van der Waals surface area contributed by atoms with Gasteiger partial charge in [-0.15, -0.1) is 11.8 Å². The van der Waals surface area contributed by atoms with Gasteiger partial charge >= 0.3 is 0 Å². The summed E-state index contributed by atoms with van der Waals surface area (Å²) >= 11 is 1.52. The van der Waals surface area contributed by atoms with Crippen LogP contribution in [0.5, 0.6) is 0 Å². The predicted molar refractivity (Wildman–Crippen MR) is 84.8 cm³/mol. The lowest BCUT2D eigenvalue weighted by Crippen LogP contribution is -2.34. The Hall–Kier alpha value is -1.00. The number of carbonyl (C=O) groups is 1. The van der Waals surface area contributed by atoms with Crippen molar-refractivity contribution >= 4 is 17.7 Å². The topological polar surface area (TPSA) is 49.3 Å². The predicted octanol–water partition coefficient (Wildman–Crippen LogP) is 3.21. The third kappa shape index (κ3) is 6.96. The molecular formula is C16H25NO2S. The lowest BCUT2D eigenvalue weighted by molar-refractivity contribution is -0.119.